The van der Waals surface area contributed by atoms with Gasteiger partial charge in [0.25, 0.3) is 0 Å². The van der Waals surface area contributed by atoms with Crippen molar-refractivity contribution < 1.29 is 4.74 Å². The number of ether oxygens (including phenoxy) is 1. The highest BCUT2D eigenvalue weighted by Crippen LogP contribution is 2.15. The van der Waals surface area contributed by atoms with Crippen molar-refractivity contribution in [2.24, 2.45) is 5.92 Å². The molecule has 0 spiro atoms. The summed E-state index contributed by atoms with van der Waals surface area (Å²) in [6.45, 7) is 3.08. The molecule has 2 heterocycles. The Bertz CT molecular complexity index is 286. The first kappa shape index (κ1) is 11.3. The number of rotatable bonds is 5. The van der Waals surface area contributed by atoms with E-state index in [2.05, 4.69) is 15.3 Å². The average molecular weight is 221 g/mol. The highest BCUT2D eigenvalue weighted by atomic mass is 16.5. The van der Waals surface area contributed by atoms with Gasteiger partial charge in [-0.2, -0.15) is 0 Å². The third-order valence-corrected chi connectivity index (χ3v) is 2.93. The average Bonchev–Trinajstić information content (AvgIpc) is 2.37. The van der Waals surface area contributed by atoms with Crippen molar-refractivity contribution in [1.29, 1.82) is 0 Å². The predicted octanol–water partition coefficient (Wildman–Crippen LogP) is 1.64. The summed E-state index contributed by atoms with van der Waals surface area (Å²) in [5, 5.41) is 3.43. The van der Waals surface area contributed by atoms with Gasteiger partial charge in [-0.3, -0.25) is 0 Å². The first-order chi connectivity index (χ1) is 7.95. The largest absolute Gasteiger partial charge is 0.463 e. The number of piperidine rings is 1. The second-order valence-corrected chi connectivity index (χ2v) is 4.23. The Labute approximate surface area is 96.4 Å². The third-order valence-electron chi connectivity index (χ3n) is 2.93. The zero-order chi connectivity index (χ0) is 11.1. The lowest BCUT2D eigenvalue weighted by molar-refractivity contribution is 0.259. The minimum absolute atomic E-state index is 0.490. The van der Waals surface area contributed by atoms with E-state index in [1.54, 1.807) is 18.5 Å². The fraction of sp³-hybridized carbons (Fsp3) is 0.667. The van der Waals surface area contributed by atoms with Crippen LogP contribution in [0.15, 0.2) is 18.5 Å². The van der Waals surface area contributed by atoms with E-state index in [1.807, 2.05) is 0 Å². The van der Waals surface area contributed by atoms with Gasteiger partial charge >= 0.3 is 6.01 Å². The van der Waals surface area contributed by atoms with Crippen LogP contribution in [0.2, 0.25) is 0 Å². The summed E-state index contributed by atoms with van der Waals surface area (Å²) in [7, 11) is 0. The molecule has 1 saturated heterocycles. The van der Waals surface area contributed by atoms with Crippen LogP contribution in [0, 0.1) is 5.92 Å². The lowest BCUT2D eigenvalue weighted by Crippen LogP contribution is -2.29. The highest BCUT2D eigenvalue weighted by Gasteiger charge is 2.12. The van der Waals surface area contributed by atoms with Crippen LogP contribution in [0.3, 0.4) is 0 Å². The molecule has 0 aromatic carbocycles. The van der Waals surface area contributed by atoms with Crippen LogP contribution in [-0.2, 0) is 0 Å². The van der Waals surface area contributed by atoms with Crippen LogP contribution in [0.1, 0.15) is 25.7 Å². The summed E-state index contributed by atoms with van der Waals surface area (Å²) in [5.74, 6) is 0.828. The maximum atomic E-state index is 5.45. The van der Waals surface area contributed by atoms with Crippen LogP contribution in [0.25, 0.3) is 0 Å². The van der Waals surface area contributed by atoms with Crippen molar-refractivity contribution in [3.63, 3.8) is 0 Å². The number of hydrogen-bond acceptors (Lipinski definition) is 4. The van der Waals surface area contributed by atoms with Gasteiger partial charge in [0.2, 0.25) is 0 Å². The maximum absolute atomic E-state index is 5.45. The SMILES string of the molecule is c1cnc(OCCC[C@H]2CCCNC2)nc1. The standard InChI is InChI=1S/C12H19N3O/c1-4-11(10-13-6-1)5-2-9-16-12-14-7-3-8-15-12/h3,7-8,11,13H,1-2,4-6,9-10H2/t11-/m1/s1. The molecule has 1 aliphatic rings. The van der Waals surface area contributed by atoms with Gasteiger partial charge in [-0.1, -0.05) is 0 Å². The summed E-state index contributed by atoms with van der Waals surface area (Å²) in [4.78, 5) is 8.03. The molecule has 2 rings (SSSR count). The molecule has 88 valence electrons. The Kier molecular flexibility index (Phi) is 4.55. The molecule has 1 aromatic heterocycles. The van der Waals surface area contributed by atoms with Gasteiger partial charge in [0.15, 0.2) is 0 Å². The van der Waals surface area contributed by atoms with Gasteiger partial charge in [0.1, 0.15) is 0 Å². The molecule has 0 radical (unpaired) electrons. The summed E-state index contributed by atoms with van der Waals surface area (Å²) >= 11 is 0. The second kappa shape index (κ2) is 6.43. The molecule has 1 aliphatic heterocycles. The number of aromatic nitrogens is 2. The third kappa shape index (κ3) is 3.77. The minimum Gasteiger partial charge on any atom is -0.463 e. The van der Waals surface area contributed by atoms with E-state index < -0.39 is 0 Å². The Balaban J connectivity index is 1.58. The molecule has 0 saturated carbocycles. The van der Waals surface area contributed by atoms with Crippen molar-refractivity contribution in [3.05, 3.63) is 18.5 Å². The molecule has 4 heteroatoms. The Morgan fingerprint density at radius 2 is 2.25 bits per heavy atom. The molecule has 1 fully saturated rings. The molecule has 1 atom stereocenters. The monoisotopic (exact) mass is 221 g/mol. The lowest BCUT2D eigenvalue weighted by Gasteiger charge is -2.22. The molecule has 4 nitrogen and oxygen atoms in total. The van der Waals surface area contributed by atoms with Crippen LogP contribution in [0.5, 0.6) is 6.01 Å². The van der Waals surface area contributed by atoms with E-state index in [0.29, 0.717) is 6.01 Å². The maximum Gasteiger partial charge on any atom is 0.316 e. The van der Waals surface area contributed by atoms with Gasteiger partial charge in [0.05, 0.1) is 6.61 Å². The van der Waals surface area contributed by atoms with Crippen LogP contribution >= 0.6 is 0 Å². The van der Waals surface area contributed by atoms with Gasteiger partial charge < -0.3 is 10.1 Å². The molecular weight excluding hydrogens is 202 g/mol. The second-order valence-electron chi connectivity index (χ2n) is 4.23. The number of nitrogens with zero attached hydrogens (tertiary/aromatic N) is 2. The normalized spacial score (nSPS) is 20.6. The highest BCUT2D eigenvalue weighted by molar-refractivity contribution is 4.92. The van der Waals surface area contributed by atoms with Crippen molar-refractivity contribution in [2.45, 2.75) is 25.7 Å². The topological polar surface area (TPSA) is 47.0 Å². The van der Waals surface area contributed by atoms with Crippen molar-refractivity contribution >= 4 is 0 Å². The summed E-state index contributed by atoms with van der Waals surface area (Å²) < 4.78 is 5.45. The molecule has 16 heavy (non-hydrogen) atoms. The molecular formula is C12H19N3O. The quantitative estimate of drug-likeness (QED) is 0.768. The van der Waals surface area contributed by atoms with E-state index in [1.165, 1.54) is 32.4 Å². The lowest BCUT2D eigenvalue weighted by atomic mass is 9.95. The zero-order valence-electron chi connectivity index (χ0n) is 9.56. The van der Waals surface area contributed by atoms with Gasteiger partial charge in [-0.15, -0.1) is 0 Å². The number of hydrogen-bond donors (Lipinski definition) is 1. The first-order valence-electron chi connectivity index (χ1n) is 6.05. The van der Waals surface area contributed by atoms with Gasteiger partial charge in [0, 0.05) is 12.4 Å². The van der Waals surface area contributed by atoms with E-state index in [0.717, 1.165) is 18.9 Å². The summed E-state index contributed by atoms with van der Waals surface area (Å²) in [6.07, 6.45) is 8.40. The zero-order valence-corrected chi connectivity index (χ0v) is 9.56. The predicted molar refractivity (Wildman–Crippen MR) is 62.4 cm³/mol. The fourth-order valence-corrected chi connectivity index (χ4v) is 2.07. The Hall–Kier alpha value is -1.16. The van der Waals surface area contributed by atoms with Crippen LogP contribution in [0.4, 0.5) is 0 Å². The van der Waals surface area contributed by atoms with E-state index in [-0.39, 0.29) is 0 Å². The van der Waals surface area contributed by atoms with Crippen molar-refractivity contribution in [2.75, 3.05) is 19.7 Å². The van der Waals surface area contributed by atoms with Gasteiger partial charge in [-0.25, -0.2) is 9.97 Å². The smallest absolute Gasteiger partial charge is 0.316 e. The van der Waals surface area contributed by atoms with Crippen LogP contribution in [-0.4, -0.2) is 29.7 Å². The number of nitrogens with one attached hydrogen (secondary N) is 1. The molecule has 0 aliphatic carbocycles. The summed E-state index contributed by atoms with van der Waals surface area (Å²) in [5.41, 5.74) is 0. The van der Waals surface area contributed by atoms with Crippen molar-refractivity contribution in [3.8, 4) is 6.01 Å². The van der Waals surface area contributed by atoms with Crippen molar-refractivity contribution in [1.82, 2.24) is 15.3 Å². The molecule has 1 aromatic rings. The molecule has 0 unspecified atom stereocenters. The Morgan fingerprint density at radius 3 is 3.00 bits per heavy atom. The van der Waals surface area contributed by atoms with Gasteiger partial charge in [-0.05, 0) is 50.8 Å². The summed E-state index contributed by atoms with van der Waals surface area (Å²) in [6, 6.07) is 2.28. The van der Waals surface area contributed by atoms with E-state index in [4.69, 9.17) is 4.74 Å². The molecule has 0 amide bonds. The van der Waals surface area contributed by atoms with E-state index >= 15 is 0 Å². The Morgan fingerprint density at radius 1 is 1.38 bits per heavy atom. The molecule has 1 N–H and O–H groups in total. The van der Waals surface area contributed by atoms with Crippen LogP contribution < -0.4 is 10.1 Å². The molecule has 0 bridgehead atoms. The van der Waals surface area contributed by atoms with E-state index in [9.17, 15) is 0 Å². The fourth-order valence-electron chi connectivity index (χ4n) is 2.07. The first-order valence-corrected chi connectivity index (χ1v) is 6.05. The minimum atomic E-state index is 0.490.